The third-order valence-electron chi connectivity index (χ3n) is 3.17. The SMILES string of the molecule is CNC(C)C(C)c1nc(C(OC)C(C)C)no1. The van der Waals surface area contributed by atoms with Gasteiger partial charge in [-0.2, -0.15) is 4.98 Å². The summed E-state index contributed by atoms with van der Waals surface area (Å²) in [5.41, 5.74) is 0. The van der Waals surface area contributed by atoms with Crippen molar-refractivity contribution in [3.63, 3.8) is 0 Å². The first kappa shape index (κ1) is 14.1. The number of aromatic nitrogens is 2. The maximum absolute atomic E-state index is 5.38. The summed E-state index contributed by atoms with van der Waals surface area (Å²) in [6.45, 7) is 8.30. The minimum Gasteiger partial charge on any atom is -0.373 e. The van der Waals surface area contributed by atoms with E-state index in [1.165, 1.54) is 0 Å². The van der Waals surface area contributed by atoms with E-state index in [-0.39, 0.29) is 12.0 Å². The zero-order valence-corrected chi connectivity index (χ0v) is 11.5. The largest absolute Gasteiger partial charge is 0.373 e. The van der Waals surface area contributed by atoms with E-state index in [0.717, 1.165) is 0 Å². The Balaban J connectivity index is 2.83. The fourth-order valence-corrected chi connectivity index (χ4v) is 1.69. The van der Waals surface area contributed by atoms with Crippen molar-refractivity contribution < 1.29 is 9.26 Å². The van der Waals surface area contributed by atoms with Crippen molar-refractivity contribution in [2.24, 2.45) is 5.92 Å². The highest BCUT2D eigenvalue weighted by Crippen LogP contribution is 2.25. The maximum atomic E-state index is 5.38. The second kappa shape index (κ2) is 6.12. The predicted molar refractivity (Wildman–Crippen MR) is 65.8 cm³/mol. The Morgan fingerprint density at radius 3 is 2.35 bits per heavy atom. The van der Waals surface area contributed by atoms with Crippen molar-refractivity contribution in [3.8, 4) is 0 Å². The van der Waals surface area contributed by atoms with E-state index in [1.54, 1.807) is 7.11 Å². The average molecular weight is 241 g/mol. The Bertz CT molecular complexity index is 338. The molecule has 0 bridgehead atoms. The molecule has 1 heterocycles. The first-order valence-corrected chi connectivity index (χ1v) is 6.04. The van der Waals surface area contributed by atoms with E-state index < -0.39 is 0 Å². The monoisotopic (exact) mass is 241 g/mol. The van der Waals surface area contributed by atoms with Crippen LogP contribution in [0.1, 0.15) is 51.4 Å². The lowest BCUT2D eigenvalue weighted by molar-refractivity contribution is 0.0555. The summed E-state index contributed by atoms with van der Waals surface area (Å²) >= 11 is 0. The molecule has 17 heavy (non-hydrogen) atoms. The number of methoxy groups -OCH3 is 1. The lowest BCUT2D eigenvalue weighted by Crippen LogP contribution is -2.27. The van der Waals surface area contributed by atoms with Gasteiger partial charge in [-0.1, -0.05) is 25.9 Å². The first-order chi connectivity index (χ1) is 8.01. The van der Waals surface area contributed by atoms with E-state index in [1.807, 2.05) is 7.05 Å². The van der Waals surface area contributed by atoms with Gasteiger partial charge in [-0.25, -0.2) is 0 Å². The van der Waals surface area contributed by atoms with Crippen LogP contribution in [0.4, 0.5) is 0 Å². The van der Waals surface area contributed by atoms with E-state index >= 15 is 0 Å². The van der Waals surface area contributed by atoms with Crippen LogP contribution in [-0.4, -0.2) is 30.3 Å². The molecule has 1 aromatic rings. The van der Waals surface area contributed by atoms with Gasteiger partial charge in [-0.15, -0.1) is 0 Å². The number of likely N-dealkylation sites (N-methyl/N-ethyl adjacent to an activating group) is 1. The molecule has 0 aliphatic carbocycles. The molecule has 0 aliphatic rings. The Morgan fingerprint density at radius 1 is 1.24 bits per heavy atom. The maximum Gasteiger partial charge on any atom is 0.231 e. The minimum absolute atomic E-state index is 0.107. The van der Waals surface area contributed by atoms with Crippen LogP contribution in [0, 0.1) is 5.92 Å². The molecule has 0 aliphatic heterocycles. The second-order valence-corrected chi connectivity index (χ2v) is 4.76. The number of nitrogens with zero attached hydrogens (tertiary/aromatic N) is 2. The summed E-state index contributed by atoms with van der Waals surface area (Å²) in [4.78, 5) is 4.43. The molecule has 0 aromatic carbocycles. The van der Waals surface area contributed by atoms with Crippen molar-refractivity contribution in [3.05, 3.63) is 11.7 Å². The van der Waals surface area contributed by atoms with E-state index in [9.17, 15) is 0 Å². The predicted octanol–water partition coefficient (Wildman–Crippen LogP) is 2.12. The molecule has 0 amide bonds. The lowest BCUT2D eigenvalue weighted by Gasteiger charge is -2.15. The summed E-state index contributed by atoms with van der Waals surface area (Å²) in [6, 6.07) is 0.295. The topological polar surface area (TPSA) is 60.2 Å². The van der Waals surface area contributed by atoms with Crippen molar-refractivity contribution in [1.29, 1.82) is 0 Å². The van der Waals surface area contributed by atoms with Gasteiger partial charge in [0.25, 0.3) is 0 Å². The van der Waals surface area contributed by atoms with Gasteiger partial charge in [0.15, 0.2) is 0 Å². The van der Waals surface area contributed by atoms with Crippen molar-refractivity contribution in [1.82, 2.24) is 15.5 Å². The average Bonchev–Trinajstić information content (AvgIpc) is 2.76. The molecule has 1 rings (SSSR count). The molecule has 0 saturated carbocycles. The first-order valence-electron chi connectivity index (χ1n) is 6.04. The van der Waals surface area contributed by atoms with Crippen molar-refractivity contribution in [2.45, 2.75) is 45.8 Å². The van der Waals surface area contributed by atoms with Crippen LogP contribution >= 0.6 is 0 Å². The molecule has 3 atom stereocenters. The van der Waals surface area contributed by atoms with Gasteiger partial charge in [0.2, 0.25) is 11.7 Å². The van der Waals surface area contributed by atoms with Crippen LogP contribution in [0.5, 0.6) is 0 Å². The van der Waals surface area contributed by atoms with Gasteiger partial charge < -0.3 is 14.6 Å². The number of hydrogen-bond acceptors (Lipinski definition) is 5. The summed E-state index contributed by atoms with van der Waals surface area (Å²) < 4.78 is 10.7. The third-order valence-corrected chi connectivity index (χ3v) is 3.17. The smallest absolute Gasteiger partial charge is 0.231 e. The summed E-state index contributed by atoms with van der Waals surface area (Å²) in [6.07, 6.45) is -0.107. The Kier molecular flexibility index (Phi) is 5.08. The molecule has 0 spiro atoms. The van der Waals surface area contributed by atoms with Crippen molar-refractivity contribution in [2.75, 3.05) is 14.2 Å². The molecule has 5 heteroatoms. The molecule has 5 nitrogen and oxygen atoms in total. The standard InChI is InChI=1S/C12H23N3O2/c1-7(2)10(16-6)11-14-12(17-15-11)8(3)9(4)13-5/h7-10,13H,1-6H3. The summed E-state index contributed by atoms with van der Waals surface area (Å²) in [5.74, 6) is 1.80. The molecule has 98 valence electrons. The van der Waals surface area contributed by atoms with Gasteiger partial charge in [0, 0.05) is 13.2 Å². The van der Waals surface area contributed by atoms with Crippen LogP contribution in [0.3, 0.4) is 0 Å². The second-order valence-electron chi connectivity index (χ2n) is 4.76. The van der Waals surface area contributed by atoms with Gasteiger partial charge in [0.05, 0.1) is 5.92 Å². The van der Waals surface area contributed by atoms with Gasteiger partial charge in [-0.3, -0.25) is 0 Å². The highest BCUT2D eigenvalue weighted by molar-refractivity contribution is 4.99. The number of ether oxygens (including phenoxy) is 1. The number of hydrogen-bond donors (Lipinski definition) is 1. The highest BCUT2D eigenvalue weighted by atomic mass is 16.5. The number of rotatable bonds is 6. The van der Waals surface area contributed by atoms with Crippen LogP contribution in [0.15, 0.2) is 4.52 Å². The van der Waals surface area contributed by atoms with Crippen LogP contribution in [0.25, 0.3) is 0 Å². The third kappa shape index (κ3) is 3.26. The highest BCUT2D eigenvalue weighted by Gasteiger charge is 2.24. The van der Waals surface area contributed by atoms with E-state index in [4.69, 9.17) is 9.26 Å². The molecule has 0 radical (unpaired) electrons. The molecule has 1 aromatic heterocycles. The minimum atomic E-state index is -0.107. The lowest BCUT2D eigenvalue weighted by atomic mass is 10.0. The van der Waals surface area contributed by atoms with E-state index in [2.05, 4.69) is 43.2 Å². The quantitative estimate of drug-likeness (QED) is 0.826. The molecular formula is C12H23N3O2. The normalized spacial score (nSPS) is 17.1. The van der Waals surface area contributed by atoms with Gasteiger partial charge in [-0.05, 0) is 19.9 Å². The fraction of sp³-hybridized carbons (Fsp3) is 0.833. The molecule has 0 fully saturated rings. The van der Waals surface area contributed by atoms with Crippen LogP contribution in [-0.2, 0) is 4.74 Å². The number of nitrogens with one attached hydrogen (secondary N) is 1. The van der Waals surface area contributed by atoms with E-state index in [0.29, 0.717) is 23.7 Å². The zero-order valence-electron chi connectivity index (χ0n) is 11.5. The summed E-state index contributed by atoms with van der Waals surface area (Å²) in [7, 11) is 3.59. The van der Waals surface area contributed by atoms with Gasteiger partial charge >= 0.3 is 0 Å². The Hall–Kier alpha value is -0.940. The fourth-order valence-electron chi connectivity index (χ4n) is 1.69. The molecule has 3 unspecified atom stereocenters. The summed E-state index contributed by atoms with van der Waals surface area (Å²) in [5, 5.41) is 7.19. The van der Waals surface area contributed by atoms with Crippen LogP contribution < -0.4 is 5.32 Å². The molecular weight excluding hydrogens is 218 g/mol. The molecule has 0 saturated heterocycles. The Labute approximate surface area is 103 Å². The zero-order chi connectivity index (χ0) is 13.0. The Morgan fingerprint density at radius 2 is 1.88 bits per heavy atom. The van der Waals surface area contributed by atoms with Gasteiger partial charge in [0.1, 0.15) is 6.10 Å². The molecule has 1 N–H and O–H groups in total. The van der Waals surface area contributed by atoms with Crippen LogP contribution in [0.2, 0.25) is 0 Å². The van der Waals surface area contributed by atoms with Crippen molar-refractivity contribution >= 4 is 0 Å².